The second kappa shape index (κ2) is 5.05. The molecule has 0 amide bonds. The average Bonchev–Trinajstić information content (AvgIpc) is 2.36. The van der Waals surface area contributed by atoms with Crippen molar-refractivity contribution in [2.75, 3.05) is 11.9 Å². The largest absolute Gasteiger partial charge is 0.357 e. The Morgan fingerprint density at radius 3 is 2.65 bits per heavy atom. The number of aromatic nitrogens is 1. The molecule has 1 heterocycles. The van der Waals surface area contributed by atoms with Crippen LogP contribution in [0.3, 0.4) is 0 Å². The van der Waals surface area contributed by atoms with E-state index in [9.17, 15) is 0 Å². The molecule has 0 N–H and O–H groups in total. The van der Waals surface area contributed by atoms with Gasteiger partial charge in [-0.25, -0.2) is 4.98 Å². The molecule has 0 radical (unpaired) electrons. The highest BCUT2D eigenvalue weighted by Crippen LogP contribution is 2.25. The summed E-state index contributed by atoms with van der Waals surface area (Å²) in [6.45, 7) is 4.35. The van der Waals surface area contributed by atoms with Crippen LogP contribution in [0.2, 0.25) is 0 Å². The molecule has 0 fully saturated rings. The monoisotopic (exact) mass is 292 g/mol. The van der Waals surface area contributed by atoms with Gasteiger partial charge in [0.1, 0.15) is 5.82 Å². The fourth-order valence-electron chi connectivity index (χ4n) is 1.80. The number of nitrogens with zero attached hydrogens (tertiary/aromatic N) is 2. The lowest BCUT2D eigenvalue weighted by atomic mass is 10.1. The van der Waals surface area contributed by atoms with Gasteiger partial charge in [0, 0.05) is 29.4 Å². The highest BCUT2D eigenvalue weighted by Gasteiger charge is 2.12. The van der Waals surface area contributed by atoms with Crippen molar-refractivity contribution >= 4 is 32.7 Å². The summed E-state index contributed by atoms with van der Waals surface area (Å²) in [5, 5.41) is 2.03. The maximum absolute atomic E-state index is 4.76. The van der Waals surface area contributed by atoms with Gasteiger partial charge < -0.3 is 4.90 Å². The number of fused-ring (bicyclic) bond motifs is 1. The molecule has 0 aliphatic rings. The van der Waals surface area contributed by atoms with Gasteiger partial charge in [0.15, 0.2) is 0 Å². The minimum atomic E-state index is 0.446. The Bertz CT molecular complexity index is 523. The molecule has 2 aromatic rings. The lowest BCUT2D eigenvalue weighted by Gasteiger charge is -2.25. The molecule has 0 saturated heterocycles. The predicted octanol–water partition coefficient (Wildman–Crippen LogP) is 3.97. The van der Waals surface area contributed by atoms with Crippen LogP contribution in [0.4, 0.5) is 5.82 Å². The number of rotatable bonds is 3. The van der Waals surface area contributed by atoms with E-state index >= 15 is 0 Å². The molecule has 17 heavy (non-hydrogen) atoms. The van der Waals surface area contributed by atoms with Gasteiger partial charge >= 0.3 is 0 Å². The van der Waals surface area contributed by atoms with Gasteiger partial charge in [0.05, 0.1) is 5.52 Å². The summed E-state index contributed by atoms with van der Waals surface area (Å²) < 4.78 is 0. The molecule has 0 atom stereocenters. The van der Waals surface area contributed by atoms with Gasteiger partial charge in [-0.2, -0.15) is 0 Å². The smallest absolute Gasteiger partial charge is 0.133 e. The van der Waals surface area contributed by atoms with Gasteiger partial charge in [-0.15, -0.1) is 0 Å². The number of pyridine rings is 1. The van der Waals surface area contributed by atoms with E-state index in [2.05, 4.69) is 59.9 Å². The molecular weight excluding hydrogens is 276 g/mol. The minimum absolute atomic E-state index is 0.446. The number of benzene rings is 1. The zero-order valence-corrected chi connectivity index (χ0v) is 12.0. The molecule has 3 heteroatoms. The van der Waals surface area contributed by atoms with Crippen molar-refractivity contribution in [1.29, 1.82) is 0 Å². The molecule has 1 aromatic heterocycles. The topological polar surface area (TPSA) is 16.1 Å². The lowest BCUT2D eigenvalue weighted by molar-refractivity contribution is 0.742. The van der Waals surface area contributed by atoms with E-state index in [0.29, 0.717) is 6.04 Å². The number of hydrogen-bond donors (Lipinski definition) is 0. The highest BCUT2D eigenvalue weighted by atomic mass is 79.9. The summed E-state index contributed by atoms with van der Waals surface area (Å²) in [6, 6.07) is 10.9. The summed E-state index contributed by atoms with van der Waals surface area (Å²) in [4.78, 5) is 6.97. The zero-order chi connectivity index (χ0) is 12.4. The molecule has 0 spiro atoms. The zero-order valence-electron chi connectivity index (χ0n) is 10.4. The average molecular weight is 293 g/mol. The van der Waals surface area contributed by atoms with Crippen LogP contribution < -0.4 is 4.90 Å². The number of para-hydroxylation sites is 1. The van der Waals surface area contributed by atoms with E-state index in [1.807, 2.05) is 12.1 Å². The summed E-state index contributed by atoms with van der Waals surface area (Å²) in [5.41, 5.74) is 2.29. The van der Waals surface area contributed by atoms with Crippen molar-refractivity contribution in [3.05, 3.63) is 35.9 Å². The predicted molar refractivity (Wildman–Crippen MR) is 77.9 cm³/mol. The summed E-state index contributed by atoms with van der Waals surface area (Å²) in [5.74, 6) is 1.07. The van der Waals surface area contributed by atoms with E-state index in [0.717, 1.165) is 16.7 Å². The normalized spacial score (nSPS) is 11.1. The molecular formula is C14H17BrN2. The molecule has 2 rings (SSSR count). The van der Waals surface area contributed by atoms with Crippen molar-refractivity contribution < 1.29 is 0 Å². The Morgan fingerprint density at radius 2 is 2.00 bits per heavy atom. The first-order chi connectivity index (χ1) is 8.13. The van der Waals surface area contributed by atoms with E-state index in [1.165, 1.54) is 10.9 Å². The van der Waals surface area contributed by atoms with Crippen LogP contribution in [-0.2, 0) is 5.33 Å². The first-order valence-electron chi connectivity index (χ1n) is 5.81. The lowest BCUT2D eigenvalue weighted by Crippen LogP contribution is -2.27. The second-order valence-corrected chi connectivity index (χ2v) is 5.06. The standard InChI is InChI=1S/C14H17BrN2/c1-10(2)17(3)14-12(9-15)8-11-6-4-5-7-13(11)16-14/h4-8,10H,9H2,1-3H3. The Labute approximate surface area is 111 Å². The molecule has 2 nitrogen and oxygen atoms in total. The Morgan fingerprint density at radius 1 is 1.29 bits per heavy atom. The quantitative estimate of drug-likeness (QED) is 0.796. The highest BCUT2D eigenvalue weighted by molar-refractivity contribution is 9.08. The van der Waals surface area contributed by atoms with Crippen LogP contribution in [-0.4, -0.2) is 18.1 Å². The second-order valence-electron chi connectivity index (χ2n) is 4.50. The van der Waals surface area contributed by atoms with Crippen molar-refractivity contribution in [3.8, 4) is 0 Å². The van der Waals surface area contributed by atoms with Crippen LogP contribution in [0.15, 0.2) is 30.3 Å². The third kappa shape index (κ3) is 2.44. The number of hydrogen-bond acceptors (Lipinski definition) is 2. The van der Waals surface area contributed by atoms with Crippen molar-refractivity contribution in [1.82, 2.24) is 4.98 Å². The van der Waals surface area contributed by atoms with Gasteiger partial charge in [-0.1, -0.05) is 34.1 Å². The van der Waals surface area contributed by atoms with E-state index in [-0.39, 0.29) is 0 Å². The number of anilines is 1. The Hall–Kier alpha value is -1.09. The molecule has 0 aliphatic carbocycles. The fourth-order valence-corrected chi connectivity index (χ4v) is 2.21. The first kappa shape index (κ1) is 12.4. The maximum atomic E-state index is 4.76. The van der Waals surface area contributed by atoms with Gasteiger partial charge in [0.25, 0.3) is 0 Å². The van der Waals surface area contributed by atoms with Crippen molar-refractivity contribution in [2.45, 2.75) is 25.2 Å². The molecule has 0 saturated carbocycles. The van der Waals surface area contributed by atoms with Crippen LogP contribution in [0, 0.1) is 0 Å². The minimum Gasteiger partial charge on any atom is -0.357 e. The maximum Gasteiger partial charge on any atom is 0.133 e. The first-order valence-corrected chi connectivity index (χ1v) is 6.93. The summed E-state index contributed by atoms with van der Waals surface area (Å²) >= 11 is 3.54. The van der Waals surface area contributed by atoms with Gasteiger partial charge in [-0.3, -0.25) is 0 Å². The fraction of sp³-hybridized carbons (Fsp3) is 0.357. The molecule has 1 aromatic carbocycles. The van der Waals surface area contributed by atoms with Gasteiger partial charge in [0.2, 0.25) is 0 Å². The SMILES string of the molecule is CC(C)N(C)c1nc2ccccc2cc1CBr. The van der Waals surface area contributed by atoms with Crippen molar-refractivity contribution in [2.24, 2.45) is 0 Å². The number of alkyl halides is 1. The molecule has 0 aliphatic heterocycles. The molecule has 0 bridgehead atoms. The van der Waals surface area contributed by atoms with Crippen LogP contribution in [0.25, 0.3) is 10.9 Å². The van der Waals surface area contributed by atoms with E-state index in [4.69, 9.17) is 4.98 Å². The Kier molecular flexibility index (Phi) is 3.67. The summed E-state index contributed by atoms with van der Waals surface area (Å²) in [7, 11) is 2.09. The van der Waals surface area contributed by atoms with Gasteiger partial charge in [-0.05, 0) is 26.0 Å². The van der Waals surface area contributed by atoms with Crippen molar-refractivity contribution in [3.63, 3.8) is 0 Å². The van der Waals surface area contributed by atoms with Crippen LogP contribution >= 0.6 is 15.9 Å². The number of halogens is 1. The Balaban J connectivity index is 2.60. The van der Waals surface area contributed by atoms with Crippen LogP contribution in [0.5, 0.6) is 0 Å². The van der Waals surface area contributed by atoms with E-state index in [1.54, 1.807) is 0 Å². The molecule has 90 valence electrons. The summed E-state index contributed by atoms with van der Waals surface area (Å²) in [6.07, 6.45) is 0. The van der Waals surface area contributed by atoms with Crippen LogP contribution in [0.1, 0.15) is 19.4 Å². The van der Waals surface area contributed by atoms with E-state index < -0.39 is 0 Å². The third-order valence-electron chi connectivity index (χ3n) is 3.03. The third-order valence-corrected chi connectivity index (χ3v) is 3.64. The molecule has 0 unspecified atom stereocenters.